The molecule has 0 saturated carbocycles. The summed E-state index contributed by atoms with van der Waals surface area (Å²) in [5.74, 6) is 1.12. The van der Waals surface area contributed by atoms with Crippen LogP contribution in [0.1, 0.15) is 39.0 Å². The van der Waals surface area contributed by atoms with Gasteiger partial charge < -0.3 is 15.5 Å². The molecular formula is C15H29IN4O. The highest BCUT2D eigenvalue weighted by molar-refractivity contribution is 14.0. The number of hydrogen-bond donors (Lipinski definition) is 2. The third-order valence-electron chi connectivity index (χ3n) is 3.29. The lowest BCUT2D eigenvalue weighted by Crippen LogP contribution is -2.37. The van der Waals surface area contributed by atoms with Gasteiger partial charge in [-0.05, 0) is 26.2 Å². The van der Waals surface area contributed by atoms with Crippen molar-refractivity contribution >= 4 is 35.8 Å². The van der Waals surface area contributed by atoms with Crippen LogP contribution in [0.4, 0.5) is 0 Å². The summed E-state index contributed by atoms with van der Waals surface area (Å²) in [6, 6.07) is 0. The molecule has 1 heterocycles. The van der Waals surface area contributed by atoms with Gasteiger partial charge in [0.2, 0.25) is 5.91 Å². The Balaban J connectivity index is 0.00000400. The summed E-state index contributed by atoms with van der Waals surface area (Å²) in [6.07, 6.45) is 6.80. The van der Waals surface area contributed by atoms with E-state index in [1.54, 1.807) is 0 Å². The van der Waals surface area contributed by atoms with Crippen molar-refractivity contribution in [1.29, 1.82) is 0 Å². The van der Waals surface area contributed by atoms with Crippen LogP contribution in [0.25, 0.3) is 0 Å². The number of likely N-dealkylation sites (tertiary alicyclic amines) is 1. The maximum atomic E-state index is 11.8. The minimum atomic E-state index is 0. The second-order valence-corrected chi connectivity index (χ2v) is 4.98. The van der Waals surface area contributed by atoms with Crippen molar-refractivity contribution in [2.45, 2.75) is 39.0 Å². The van der Waals surface area contributed by atoms with Crippen LogP contribution in [0.2, 0.25) is 0 Å². The van der Waals surface area contributed by atoms with Crippen molar-refractivity contribution in [3.05, 3.63) is 12.7 Å². The highest BCUT2D eigenvalue weighted by Gasteiger charge is 2.15. The first-order valence-electron chi connectivity index (χ1n) is 7.68. The normalized spacial score (nSPS) is 16.0. The number of guanidine groups is 1. The molecule has 122 valence electrons. The van der Waals surface area contributed by atoms with Crippen LogP contribution >= 0.6 is 24.0 Å². The van der Waals surface area contributed by atoms with Crippen molar-refractivity contribution in [2.75, 3.05) is 32.7 Å². The fourth-order valence-electron chi connectivity index (χ4n) is 2.24. The Kier molecular flexibility index (Phi) is 12.4. The Morgan fingerprint density at radius 2 is 2.19 bits per heavy atom. The second-order valence-electron chi connectivity index (χ2n) is 4.98. The number of carbonyl (C=O) groups excluding carboxylic acids is 1. The molecule has 2 N–H and O–H groups in total. The first-order chi connectivity index (χ1) is 9.77. The zero-order chi connectivity index (χ0) is 14.6. The Hall–Kier alpha value is -0.790. The van der Waals surface area contributed by atoms with E-state index < -0.39 is 0 Å². The molecule has 0 spiro atoms. The highest BCUT2D eigenvalue weighted by atomic mass is 127. The molecule has 1 amide bonds. The molecule has 1 aliphatic heterocycles. The van der Waals surface area contributed by atoms with Crippen LogP contribution in [0.5, 0.6) is 0 Å². The minimum absolute atomic E-state index is 0. The molecule has 0 aromatic heterocycles. The highest BCUT2D eigenvalue weighted by Crippen LogP contribution is 2.11. The lowest BCUT2D eigenvalue weighted by molar-refractivity contribution is -0.130. The number of aliphatic imine (C=N–C) groups is 1. The smallest absolute Gasteiger partial charge is 0.222 e. The van der Waals surface area contributed by atoms with Crippen molar-refractivity contribution in [1.82, 2.24) is 15.5 Å². The molecule has 0 bridgehead atoms. The van der Waals surface area contributed by atoms with E-state index in [0.717, 1.165) is 51.4 Å². The molecule has 0 unspecified atom stereocenters. The summed E-state index contributed by atoms with van der Waals surface area (Å²) in [5.41, 5.74) is 0. The Labute approximate surface area is 145 Å². The maximum absolute atomic E-state index is 11.8. The summed E-state index contributed by atoms with van der Waals surface area (Å²) in [5, 5.41) is 6.35. The fourth-order valence-corrected chi connectivity index (χ4v) is 2.24. The first kappa shape index (κ1) is 20.2. The van der Waals surface area contributed by atoms with Crippen LogP contribution in [-0.4, -0.2) is 49.5 Å². The minimum Gasteiger partial charge on any atom is -0.357 e. The van der Waals surface area contributed by atoms with E-state index >= 15 is 0 Å². The fraction of sp³-hybridized carbons (Fsp3) is 0.733. The molecule has 1 aliphatic rings. The van der Waals surface area contributed by atoms with E-state index in [2.05, 4.69) is 22.2 Å². The van der Waals surface area contributed by atoms with E-state index in [0.29, 0.717) is 18.9 Å². The summed E-state index contributed by atoms with van der Waals surface area (Å²) < 4.78 is 0. The van der Waals surface area contributed by atoms with E-state index in [1.807, 2.05) is 17.9 Å². The van der Waals surface area contributed by atoms with Gasteiger partial charge in [-0.1, -0.05) is 12.5 Å². The molecule has 0 aromatic rings. The number of carbonyl (C=O) groups is 1. The van der Waals surface area contributed by atoms with Crippen molar-refractivity contribution in [3.63, 3.8) is 0 Å². The van der Waals surface area contributed by atoms with Gasteiger partial charge >= 0.3 is 0 Å². The molecule has 0 aliphatic carbocycles. The van der Waals surface area contributed by atoms with Crippen LogP contribution in [-0.2, 0) is 4.79 Å². The van der Waals surface area contributed by atoms with Gasteiger partial charge in [0.1, 0.15) is 0 Å². The maximum Gasteiger partial charge on any atom is 0.222 e. The SMILES string of the molecule is C=CCNC(=NCCCN1CCCCCC1=O)NCC.I. The molecule has 1 rings (SSSR count). The molecule has 0 radical (unpaired) electrons. The van der Waals surface area contributed by atoms with E-state index in [4.69, 9.17) is 0 Å². The van der Waals surface area contributed by atoms with Gasteiger partial charge in [0.25, 0.3) is 0 Å². The number of rotatable bonds is 7. The number of halogens is 1. The predicted octanol–water partition coefficient (Wildman–Crippen LogP) is 2.14. The number of amides is 1. The molecule has 1 saturated heterocycles. The quantitative estimate of drug-likeness (QED) is 0.223. The largest absolute Gasteiger partial charge is 0.357 e. The average molecular weight is 408 g/mol. The number of hydrogen-bond acceptors (Lipinski definition) is 2. The average Bonchev–Trinajstić information content (AvgIpc) is 2.65. The van der Waals surface area contributed by atoms with Crippen LogP contribution in [0, 0.1) is 0 Å². The molecule has 21 heavy (non-hydrogen) atoms. The van der Waals surface area contributed by atoms with Gasteiger partial charge in [0.15, 0.2) is 5.96 Å². The summed E-state index contributed by atoms with van der Waals surface area (Å²) in [4.78, 5) is 18.3. The van der Waals surface area contributed by atoms with Gasteiger partial charge in [-0.2, -0.15) is 0 Å². The topological polar surface area (TPSA) is 56.7 Å². The van der Waals surface area contributed by atoms with Crippen LogP contribution in [0.15, 0.2) is 17.6 Å². The van der Waals surface area contributed by atoms with Gasteiger partial charge in [0, 0.05) is 39.1 Å². The van der Waals surface area contributed by atoms with Gasteiger partial charge in [0.05, 0.1) is 0 Å². The van der Waals surface area contributed by atoms with E-state index in [9.17, 15) is 4.79 Å². The lowest BCUT2D eigenvalue weighted by atomic mass is 10.2. The summed E-state index contributed by atoms with van der Waals surface area (Å²) in [7, 11) is 0. The van der Waals surface area contributed by atoms with Gasteiger partial charge in [-0.3, -0.25) is 9.79 Å². The third kappa shape index (κ3) is 8.95. The predicted molar refractivity (Wildman–Crippen MR) is 99.3 cm³/mol. The lowest BCUT2D eigenvalue weighted by Gasteiger charge is -2.19. The molecule has 0 aromatic carbocycles. The summed E-state index contributed by atoms with van der Waals surface area (Å²) in [6.45, 7) is 9.74. The van der Waals surface area contributed by atoms with Gasteiger partial charge in [-0.15, -0.1) is 30.6 Å². The number of nitrogens with one attached hydrogen (secondary N) is 2. The Morgan fingerprint density at radius 3 is 2.90 bits per heavy atom. The van der Waals surface area contributed by atoms with E-state index in [-0.39, 0.29) is 24.0 Å². The second kappa shape index (κ2) is 12.9. The van der Waals surface area contributed by atoms with Crippen molar-refractivity contribution in [3.8, 4) is 0 Å². The molecule has 6 heteroatoms. The van der Waals surface area contributed by atoms with Gasteiger partial charge in [-0.25, -0.2) is 0 Å². The molecule has 1 fully saturated rings. The molecular weight excluding hydrogens is 379 g/mol. The zero-order valence-corrected chi connectivity index (χ0v) is 15.4. The van der Waals surface area contributed by atoms with Crippen molar-refractivity contribution < 1.29 is 4.79 Å². The van der Waals surface area contributed by atoms with Crippen LogP contribution in [0.3, 0.4) is 0 Å². The van der Waals surface area contributed by atoms with Crippen molar-refractivity contribution in [2.24, 2.45) is 4.99 Å². The number of nitrogens with zero attached hydrogens (tertiary/aromatic N) is 2. The zero-order valence-electron chi connectivity index (χ0n) is 13.1. The Morgan fingerprint density at radius 1 is 1.38 bits per heavy atom. The third-order valence-corrected chi connectivity index (χ3v) is 3.29. The molecule has 0 atom stereocenters. The van der Waals surface area contributed by atoms with Crippen LogP contribution < -0.4 is 10.6 Å². The first-order valence-corrected chi connectivity index (χ1v) is 7.68. The monoisotopic (exact) mass is 408 g/mol. The standard InChI is InChI=1S/C15H28N4O.HI/c1-3-10-17-15(16-4-2)18-11-8-13-19-12-7-5-6-9-14(19)20;/h3H,1,4-13H2,2H3,(H2,16,17,18);1H. The molecule has 5 nitrogen and oxygen atoms in total. The van der Waals surface area contributed by atoms with E-state index in [1.165, 1.54) is 6.42 Å². The Bertz CT molecular complexity index is 334. The summed E-state index contributed by atoms with van der Waals surface area (Å²) >= 11 is 0.